The molecule has 3 aliphatic rings. The molecule has 0 spiro atoms. The standard InChI is InChI=1S/C24H30N4O4S/c1-33(30,31)20-13-18-16-28(24(29)17-5-3-2-4-6-17)22-14-19(27-9-11-32-12-10-27)7-8-21(22)26-23(18)25-15-20/h7-8,13-15,17H,2-6,9-12,16H2,1H3,(H,25,26). The number of nitrogens with one attached hydrogen (secondary N) is 1. The van der Waals surface area contributed by atoms with E-state index in [1.807, 2.05) is 11.0 Å². The molecule has 1 aromatic carbocycles. The van der Waals surface area contributed by atoms with Crippen LogP contribution >= 0.6 is 0 Å². The number of aromatic nitrogens is 1. The maximum Gasteiger partial charge on any atom is 0.230 e. The number of carbonyl (C=O) groups is 1. The number of rotatable bonds is 3. The number of ether oxygens (including phenoxy) is 1. The number of fused-ring (bicyclic) bond motifs is 2. The zero-order valence-corrected chi connectivity index (χ0v) is 19.7. The van der Waals surface area contributed by atoms with E-state index < -0.39 is 9.84 Å². The lowest BCUT2D eigenvalue weighted by molar-refractivity contribution is -0.123. The van der Waals surface area contributed by atoms with Crippen molar-refractivity contribution in [1.29, 1.82) is 0 Å². The molecular weight excluding hydrogens is 440 g/mol. The fourth-order valence-electron chi connectivity index (χ4n) is 4.94. The third kappa shape index (κ3) is 4.56. The minimum atomic E-state index is -3.41. The smallest absolute Gasteiger partial charge is 0.230 e. The molecule has 2 fully saturated rings. The van der Waals surface area contributed by atoms with Gasteiger partial charge in [-0.05, 0) is 37.1 Å². The summed E-state index contributed by atoms with van der Waals surface area (Å²) in [5.74, 6) is 0.683. The van der Waals surface area contributed by atoms with Crippen LogP contribution in [0.5, 0.6) is 0 Å². The average Bonchev–Trinajstić information content (AvgIpc) is 3.00. The van der Waals surface area contributed by atoms with Crippen molar-refractivity contribution in [3.8, 4) is 0 Å². The number of amides is 1. The zero-order valence-electron chi connectivity index (χ0n) is 18.9. The third-order valence-electron chi connectivity index (χ3n) is 6.82. The summed E-state index contributed by atoms with van der Waals surface area (Å²) in [5.41, 5.74) is 3.37. The molecule has 1 saturated heterocycles. The largest absolute Gasteiger partial charge is 0.378 e. The first-order chi connectivity index (χ1) is 15.9. The van der Waals surface area contributed by atoms with Crippen molar-refractivity contribution in [1.82, 2.24) is 4.98 Å². The second-order valence-electron chi connectivity index (χ2n) is 9.14. The lowest BCUT2D eigenvalue weighted by Crippen LogP contribution is -2.38. The van der Waals surface area contributed by atoms with E-state index in [4.69, 9.17) is 4.74 Å². The van der Waals surface area contributed by atoms with Crippen LogP contribution in [0.1, 0.15) is 37.7 Å². The quantitative estimate of drug-likeness (QED) is 0.734. The number of benzene rings is 1. The molecular formula is C24H30N4O4S. The van der Waals surface area contributed by atoms with Gasteiger partial charge in [0.05, 0.1) is 36.0 Å². The van der Waals surface area contributed by atoms with Crippen LogP contribution in [-0.2, 0) is 25.9 Å². The Balaban J connectivity index is 1.57. The summed E-state index contributed by atoms with van der Waals surface area (Å²) in [6.45, 7) is 3.27. The molecule has 0 atom stereocenters. The first-order valence-corrected chi connectivity index (χ1v) is 13.5. The molecule has 0 unspecified atom stereocenters. The molecule has 33 heavy (non-hydrogen) atoms. The van der Waals surface area contributed by atoms with Gasteiger partial charge in [0.25, 0.3) is 0 Å². The Morgan fingerprint density at radius 2 is 1.88 bits per heavy atom. The highest BCUT2D eigenvalue weighted by molar-refractivity contribution is 7.90. The van der Waals surface area contributed by atoms with Gasteiger partial charge in [0.2, 0.25) is 5.91 Å². The normalized spacial score (nSPS) is 19.3. The average molecular weight is 471 g/mol. The van der Waals surface area contributed by atoms with Crippen LogP contribution in [0.3, 0.4) is 0 Å². The minimum Gasteiger partial charge on any atom is -0.378 e. The van der Waals surface area contributed by atoms with Crippen LogP contribution in [-0.4, -0.2) is 51.9 Å². The van der Waals surface area contributed by atoms with Crippen molar-refractivity contribution >= 4 is 38.6 Å². The van der Waals surface area contributed by atoms with E-state index in [1.165, 1.54) is 18.9 Å². The van der Waals surface area contributed by atoms with E-state index in [-0.39, 0.29) is 23.3 Å². The predicted octanol–water partition coefficient (Wildman–Crippen LogP) is 3.49. The number of hydrogen-bond acceptors (Lipinski definition) is 7. The highest BCUT2D eigenvalue weighted by atomic mass is 32.2. The highest BCUT2D eigenvalue weighted by Gasteiger charge is 2.32. The minimum absolute atomic E-state index is 0.00811. The van der Waals surface area contributed by atoms with Gasteiger partial charge in [0.15, 0.2) is 9.84 Å². The van der Waals surface area contributed by atoms with Crippen LogP contribution in [0, 0.1) is 5.92 Å². The van der Waals surface area contributed by atoms with Crippen molar-refractivity contribution in [2.75, 3.05) is 47.7 Å². The molecule has 1 amide bonds. The Bertz CT molecular complexity index is 1160. The van der Waals surface area contributed by atoms with Crippen LogP contribution in [0.25, 0.3) is 0 Å². The monoisotopic (exact) mass is 470 g/mol. The Hall–Kier alpha value is -2.65. The van der Waals surface area contributed by atoms with E-state index in [0.717, 1.165) is 55.8 Å². The van der Waals surface area contributed by atoms with Gasteiger partial charge in [-0.25, -0.2) is 13.4 Å². The fraction of sp³-hybridized carbons (Fsp3) is 0.500. The summed E-state index contributed by atoms with van der Waals surface area (Å²) >= 11 is 0. The molecule has 176 valence electrons. The number of hydrogen-bond donors (Lipinski definition) is 1. The van der Waals surface area contributed by atoms with E-state index in [2.05, 4.69) is 27.3 Å². The summed E-state index contributed by atoms with van der Waals surface area (Å²) in [6, 6.07) is 7.75. The fourth-order valence-corrected chi connectivity index (χ4v) is 5.54. The number of anilines is 4. The van der Waals surface area contributed by atoms with Gasteiger partial charge in [-0.1, -0.05) is 19.3 Å². The maximum absolute atomic E-state index is 13.8. The van der Waals surface area contributed by atoms with Gasteiger partial charge in [-0.15, -0.1) is 0 Å². The lowest BCUT2D eigenvalue weighted by atomic mass is 9.88. The SMILES string of the molecule is CS(=O)(=O)c1cnc2c(c1)CN(C(=O)C1CCCCC1)c1cc(N3CCOCC3)ccc1N2. The second kappa shape index (κ2) is 8.95. The molecule has 1 saturated carbocycles. The van der Waals surface area contributed by atoms with Crippen molar-refractivity contribution in [3.63, 3.8) is 0 Å². The highest BCUT2D eigenvalue weighted by Crippen LogP contribution is 2.40. The second-order valence-corrected chi connectivity index (χ2v) is 11.2. The molecule has 3 heterocycles. The van der Waals surface area contributed by atoms with Crippen LogP contribution in [0.2, 0.25) is 0 Å². The first-order valence-electron chi connectivity index (χ1n) is 11.6. The van der Waals surface area contributed by atoms with Crippen LogP contribution < -0.4 is 15.1 Å². The maximum atomic E-state index is 13.8. The number of sulfone groups is 1. The third-order valence-corrected chi connectivity index (χ3v) is 7.90. The number of morpholine rings is 1. The zero-order chi connectivity index (χ0) is 23.0. The number of nitrogens with zero attached hydrogens (tertiary/aromatic N) is 3. The van der Waals surface area contributed by atoms with Crippen molar-refractivity contribution in [2.24, 2.45) is 5.92 Å². The number of pyridine rings is 1. The summed E-state index contributed by atoms with van der Waals surface area (Å²) < 4.78 is 29.8. The van der Waals surface area contributed by atoms with Gasteiger partial charge in [0, 0.05) is 42.7 Å². The Morgan fingerprint density at radius 3 is 2.61 bits per heavy atom. The van der Waals surface area contributed by atoms with E-state index >= 15 is 0 Å². The van der Waals surface area contributed by atoms with Crippen molar-refractivity contribution in [3.05, 3.63) is 36.0 Å². The van der Waals surface area contributed by atoms with E-state index in [0.29, 0.717) is 24.6 Å². The molecule has 0 bridgehead atoms. The van der Waals surface area contributed by atoms with E-state index in [1.54, 1.807) is 6.07 Å². The van der Waals surface area contributed by atoms with E-state index in [9.17, 15) is 13.2 Å². The molecule has 1 aliphatic carbocycles. The molecule has 5 rings (SSSR count). The molecule has 1 N–H and O–H groups in total. The van der Waals surface area contributed by atoms with Gasteiger partial charge in [0.1, 0.15) is 5.82 Å². The lowest BCUT2D eigenvalue weighted by Gasteiger charge is -2.32. The Morgan fingerprint density at radius 1 is 1.12 bits per heavy atom. The van der Waals surface area contributed by atoms with Gasteiger partial charge in [-0.2, -0.15) is 0 Å². The van der Waals surface area contributed by atoms with Crippen molar-refractivity contribution in [2.45, 2.75) is 43.5 Å². The summed E-state index contributed by atoms with van der Waals surface area (Å²) in [5, 5.41) is 3.36. The van der Waals surface area contributed by atoms with Crippen LogP contribution in [0.4, 0.5) is 22.9 Å². The molecule has 2 aromatic rings. The topological polar surface area (TPSA) is 91.8 Å². The molecule has 2 aliphatic heterocycles. The molecule has 8 nitrogen and oxygen atoms in total. The Kier molecular flexibility index (Phi) is 6.01. The van der Waals surface area contributed by atoms with Gasteiger partial charge >= 0.3 is 0 Å². The summed E-state index contributed by atoms with van der Waals surface area (Å²) in [6.07, 6.45) is 7.66. The molecule has 1 aromatic heterocycles. The van der Waals surface area contributed by atoms with Crippen molar-refractivity contribution < 1.29 is 17.9 Å². The number of carbonyl (C=O) groups excluding carboxylic acids is 1. The molecule has 0 radical (unpaired) electrons. The van der Waals surface area contributed by atoms with Crippen LogP contribution in [0.15, 0.2) is 35.4 Å². The predicted molar refractivity (Wildman–Crippen MR) is 128 cm³/mol. The first kappa shape index (κ1) is 22.2. The summed E-state index contributed by atoms with van der Waals surface area (Å²) in [7, 11) is -3.41. The van der Waals surface area contributed by atoms with Gasteiger partial charge in [-0.3, -0.25) is 4.79 Å². The molecule has 9 heteroatoms. The van der Waals surface area contributed by atoms with Gasteiger partial charge < -0.3 is 19.9 Å². The summed E-state index contributed by atoms with van der Waals surface area (Å²) in [4.78, 5) is 22.4. The Labute approximate surface area is 194 Å².